The second-order valence-corrected chi connectivity index (χ2v) is 5.98. The number of aromatic nitrogens is 6. The number of rotatable bonds is 5. The van der Waals surface area contributed by atoms with Crippen LogP contribution in [0.2, 0.25) is 0 Å². The Bertz CT molecular complexity index is 1070. The summed E-state index contributed by atoms with van der Waals surface area (Å²) in [4.78, 5) is 31.6. The van der Waals surface area contributed by atoms with Gasteiger partial charge >= 0.3 is 12.1 Å². The van der Waals surface area contributed by atoms with Crippen molar-refractivity contribution in [3.05, 3.63) is 53.5 Å². The normalized spacial score (nSPS) is 12.6. The molecule has 0 saturated carbocycles. The van der Waals surface area contributed by atoms with Crippen LogP contribution in [-0.4, -0.2) is 46.5 Å². The number of amides is 1. The highest BCUT2D eigenvalue weighted by Gasteiger charge is 2.36. The van der Waals surface area contributed by atoms with Crippen molar-refractivity contribution >= 4 is 11.9 Å². The third-order valence-corrected chi connectivity index (χ3v) is 3.91. The zero-order valence-corrected chi connectivity index (χ0v) is 15.0. The minimum Gasteiger partial charge on any atom is -0.478 e. The molecule has 152 valence electrons. The molecule has 0 bridgehead atoms. The Morgan fingerprint density at radius 1 is 1.24 bits per heavy atom. The SMILES string of the molecule is CC(NC(=O)c1cc(C(F)(F)F)n(C)n1)c1nccnc1-n1cc(C(=O)O)cn1. The van der Waals surface area contributed by atoms with E-state index in [0.717, 1.165) is 13.2 Å². The van der Waals surface area contributed by atoms with Gasteiger partial charge in [0.25, 0.3) is 5.91 Å². The number of carboxylic acid groups (broad SMARTS) is 1. The highest BCUT2D eigenvalue weighted by molar-refractivity contribution is 5.92. The van der Waals surface area contributed by atoms with E-state index >= 15 is 0 Å². The average Bonchev–Trinajstić information content (AvgIpc) is 3.28. The van der Waals surface area contributed by atoms with E-state index in [2.05, 4.69) is 25.5 Å². The van der Waals surface area contributed by atoms with Gasteiger partial charge in [-0.15, -0.1) is 0 Å². The number of hydrogen-bond acceptors (Lipinski definition) is 6. The Labute approximate surface area is 161 Å². The van der Waals surface area contributed by atoms with Gasteiger partial charge in [-0.3, -0.25) is 14.5 Å². The summed E-state index contributed by atoms with van der Waals surface area (Å²) in [5.41, 5.74) is -1.32. The predicted octanol–water partition coefficient (Wildman–Crippen LogP) is 1.60. The van der Waals surface area contributed by atoms with Crippen LogP contribution in [0.25, 0.3) is 5.82 Å². The van der Waals surface area contributed by atoms with Crippen molar-refractivity contribution in [2.75, 3.05) is 0 Å². The quantitative estimate of drug-likeness (QED) is 0.655. The van der Waals surface area contributed by atoms with E-state index in [1.807, 2.05) is 0 Å². The van der Waals surface area contributed by atoms with Gasteiger partial charge in [0.2, 0.25) is 0 Å². The average molecular weight is 409 g/mol. The van der Waals surface area contributed by atoms with E-state index in [4.69, 9.17) is 5.11 Å². The number of nitrogens with one attached hydrogen (secondary N) is 1. The summed E-state index contributed by atoms with van der Waals surface area (Å²) >= 11 is 0. The van der Waals surface area contributed by atoms with Crippen molar-refractivity contribution in [1.82, 2.24) is 34.8 Å². The molecule has 0 fully saturated rings. The highest BCUT2D eigenvalue weighted by Crippen LogP contribution is 2.29. The molecule has 3 aromatic rings. The molecular formula is C16H14F3N7O3. The molecule has 0 aromatic carbocycles. The van der Waals surface area contributed by atoms with Crippen molar-refractivity contribution in [3.63, 3.8) is 0 Å². The Balaban J connectivity index is 1.85. The maximum absolute atomic E-state index is 12.9. The number of nitrogens with zero attached hydrogens (tertiary/aromatic N) is 6. The van der Waals surface area contributed by atoms with Crippen LogP contribution in [-0.2, 0) is 13.2 Å². The number of aromatic carboxylic acids is 1. The van der Waals surface area contributed by atoms with Gasteiger partial charge in [-0.05, 0) is 6.92 Å². The molecule has 0 spiro atoms. The number of carbonyl (C=O) groups is 2. The molecule has 3 heterocycles. The molecule has 0 aliphatic carbocycles. The topological polar surface area (TPSA) is 128 Å². The summed E-state index contributed by atoms with van der Waals surface area (Å²) in [6, 6.07) is -0.147. The van der Waals surface area contributed by atoms with E-state index in [1.165, 1.54) is 23.3 Å². The van der Waals surface area contributed by atoms with Gasteiger partial charge in [-0.2, -0.15) is 23.4 Å². The summed E-state index contributed by atoms with van der Waals surface area (Å²) in [5.74, 6) is -1.87. The molecule has 0 radical (unpaired) electrons. The first kappa shape index (κ1) is 20.0. The van der Waals surface area contributed by atoms with Gasteiger partial charge in [0.1, 0.15) is 11.4 Å². The van der Waals surface area contributed by atoms with Crippen molar-refractivity contribution in [2.45, 2.75) is 19.1 Å². The van der Waals surface area contributed by atoms with Crippen LogP contribution in [0.1, 0.15) is 45.2 Å². The Hall–Kier alpha value is -3.77. The lowest BCUT2D eigenvalue weighted by molar-refractivity contribution is -0.143. The molecule has 10 nitrogen and oxygen atoms in total. The van der Waals surface area contributed by atoms with E-state index < -0.39 is 35.5 Å². The van der Waals surface area contributed by atoms with Crippen molar-refractivity contribution < 1.29 is 27.9 Å². The molecule has 13 heteroatoms. The van der Waals surface area contributed by atoms with E-state index in [0.29, 0.717) is 10.7 Å². The number of hydrogen-bond donors (Lipinski definition) is 2. The van der Waals surface area contributed by atoms with Gasteiger partial charge in [0, 0.05) is 31.7 Å². The molecule has 0 aliphatic rings. The second kappa shape index (κ2) is 7.33. The number of aryl methyl sites for hydroxylation is 1. The molecule has 3 rings (SSSR count). The van der Waals surface area contributed by atoms with Crippen molar-refractivity contribution in [1.29, 1.82) is 0 Å². The molecule has 1 unspecified atom stereocenters. The maximum Gasteiger partial charge on any atom is 0.433 e. The largest absolute Gasteiger partial charge is 0.478 e. The van der Waals surface area contributed by atoms with Gasteiger partial charge in [-0.1, -0.05) is 0 Å². The zero-order valence-electron chi connectivity index (χ0n) is 15.0. The first-order valence-electron chi connectivity index (χ1n) is 8.09. The smallest absolute Gasteiger partial charge is 0.433 e. The molecule has 3 aromatic heterocycles. The molecule has 29 heavy (non-hydrogen) atoms. The van der Waals surface area contributed by atoms with E-state index in [9.17, 15) is 22.8 Å². The molecule has 1 amide bonds. The summed E-state index contributed by atoms with van der Waals surface area (Å²) in [6.07, 6.45) is 0.400. The number of halogens is 3. The van der Waals surface area contributed by atoms with Crippen LogP contribution < -0.4 is 5.32 Å². The fourth-order valence-corrected chi connectivity index (χ4v) is 2.55. The van der Waals surface area contributed by atoms with Crippen LogP contribution in [0.4, 0.5) is 13.2 Å². The monoisotopic (exact) mass is 409 g/mol. The van der Waals surface area contributed by atoms with Crippen molar-refractivity contribution in [2.24, 2.45) is 7.05 Å². The third kappa shape index (κ3) is 4.07. The Kier molecular flexibility index (Phi) is 5.05. The van der Waals surface area contributed by atoms with Gasteiger partial charge < -0.3 is 10.4 Å². The third-order valence-electron chi connectivity index (χ3n) is 3.91. The zero-order chi connectivity index (χ0) is 21.3. The maximum atomic E-state index is 12.9. The van der Waals surface area contributed by atoms with Gasteiger partial charge in [0.15, 0.2) is 11.5 Å². The Morgan fingerprint density at radius 2 is 1.93 bits per heavy atom. The lowest BCUT2D eigenvalue weighted by atomic mass is 10.2. The second-order valence-electron chi connectivity index (χ2n) is 5.98. The van der Waals surface area contributed by atoms with E-state index in [1.54, 1.807) is 6.92 Å². The fraction of sp³-hybridized carbons (Fsp3) is 0.250. The fourth-order valence-electron chi connectivity index (χ4n) is 2.55. The minimum absolute atomic E-state index is 0.0774. The molecule has 0 saturated heterocycles. The predicted molar refractivity (Wildman–Crippen MR) is 90.2 cm³/mol. The standard InChI is InChI=1S/C16H14F3N7O3/c1-8(23-14(27)10-5-11(16(17,18)19)25(2)24-10)12-13(21-4-3-20-12)26-7-9(6-22-26)15(28)29/h3-8H,1-2H3,(H,23,27)(H,28,29). The Morgan fingerprint density at radius 3 is 2.52 bits per heavy atom. The molecular weight excluding hydrogens is 395 g/mol. The van der Waals surface area contributed by atoms with E-state index in [-0.39, 0.29) is 17.1 Å². The molecule has 2 N–H and O–H groups in total. The summed E-state index contributed by atoms with van der Waals surface area (Å²) in [7, 11) is 1.08. The number of carbonyl (C=O) groups excluding carboxylic acids is 1. The van der Waals surface area contributed by atoms with Crippen LogP contribution >= 0.6 is 0 Å². The van der Waals surface area contributed by atoms with Crippen molar-refractivity contribution in [3.8, 4) is 5.82 Å². The van der Waals surface area contributed by atoms with Crippen LogP contribution in [0.5, 0.6) is 0 Å². The number of alkyl halides is 3. The van der Waals surface area contributed by atoms with Crippen LogP contribution in [0.3, 0.4) is 0 Å². The molecule has 0 aliphatic heterocycles. The lowest BCUT2D eigenvalue weighted by Crippen LogP contribution is -2.29. The summed E-state index contributed by atoms with van der Waals surface area (Å²) in [5, 5.41) is 19.0. The van der Waals surface area contributed by atoms with Crippen LogP contribution in [0, 0.1) is 0 Å². The summed E-state index contributed by atoms with van der Waals surface area (Å²) < 4.78 is 40.4. The first-order chi connectivity index (χ1) is 13.6. The molecule has 1 atom stereocenters. The first-order valence-corrected chi connectivity index (χ1v) is 8.09. The van der Waals surface area contributed by atoms with Gasteiger partial charge in [0.05, 0.1) is 17.8 Å². The number of carboxylic acids is 1. The van der Waals surface area contributed by atoms with Crippen LogP contribution in [0.15, 0.2) is 30.9 Å². The lowest BCUT2D eigenvalue weighted by Gasteiger charge is -2.15. The summed E-state index contributed by atoms with van der Waals surface area (Å²) in [6.45, 7) is 1.54. The van der Waals surface area contributed by atoms with Gasteiger partial charge in [-0.25, -0.2) is 14.5 Å². The minimum atomic E-state index is -4.65. The highest BCUT2D eigenvalue weighted by atomic mass is 19.4.